The van der Waals surface area contributed by atoms with Gasteiger partial charge in [-0.2, -0.15) is 0 Å². The van der Waals surface area contributed by atoms with Gasteiger partial charge >= 0.3 is 0 Å². The third-order valence-electron chi connectivity index (χ3n) is 4.25. The normalized spacial score (nSPS) is 18.0. The van der Waals surface area contributed by atoms with E-state index in [4.69, 9.17) is 4.42 Å². The van der Waals surface area contributed by atoms with Gasteiger partial charge in [-0.1, -0.05) is 17.7 Å². The summed E-state index contributed by atoms with van der Waals surface area (Å²) in [5.74, 6) is 1.73. The molecule has 0 bridgehead atoms. The van der Waals surface area contributed by atoms with Crippen LogP contribution in [-0.2, 0) is 6.54 Å². The van der Waals surface area contributed by atoms with Gasteiger partial charge in [-0.15, -0.1) is 0 Å². The van der Waals surface area contributed by atoms with Gasteiger partial charge < -0.3 is 20.0 Å². The van der Waals surface area contributed by atoms with Crippen LogP contribution in [0.15, 0.2) is 52.1 Å². The molecule has 1 unspecified atom stereocenters. The molecule has 2 heterocycles. The van der Waals surface area contributed by atoms with E-state index in [9.17, 15) is 0 Å². The van der Waals surface area contributed by atoms with Gasteiger partial charge in [0.1, 0.15) is 12.3 Å². The lowest BCUT2D eigenvalue weighted by Crippen LogP contribution is -2.44. The molecule has 1 aliphatic heterocycles. The maximum absolute atomic E-state index is 5.35. The summed E-state index contributed by atoms with van der Waals surface area (Å²) in [6, 6.07) is 13.0. The summed E-state index contributed by atoms with van der Waals surface area (Å²) in [5, 5.41) is 6.86. The van der Waals surface area contributed by atoms with Crippen molar-refractivity contribution in [1.82, 2.24) is 10.6 Å². The number of benzene rings is 1. The van der Waals surface area contributed by atoms with Crippen molar-refractivity contribution in [2.24, 2.45) is 4.99 Å². The number of aliphatic imine (C=N–C) groups is 1. The predicted molar refractivity (Wildman–Crippen MR) is 98.5 cm³/mol. The van der Waals surface area contributed by atoms with Crippen molar-refractivity contribution in [1.29, 1.82) is 0 Å². The third-order valence-corrected chi connectivity index (χ3v) is 4.25. The Balaban J connectivity index is 1.57. The van der Waals surface area contributed by atoms with Gasteiger partial charge in [0.25, 0.3) is 0 Å². The number of furan rings is 1. The van der Waals surface area contributed by atoms with Crippen LogP contribution in [0.2, 0.25) is 0 Å². The second kappa shape index (κ2) is 7.90. The van der Waals surface area contributed by atoms with Crippen LogP contribution in [0, 0.1) is 6.92 Å². The van der Waals surface area contributed by atoms with Gasteiger partial charge in [0.2, 0.25) is 0 Å². The zero-order valence-electron chi connectivity index (χ0n) is 14.5. The predicted octanol–water partition coefficient (Wildman–Crippen LogP) is 2.92. The van der Waals surface area contributed by atoms with E-state index in [1.54, 1.807) is 6.26 Å². The fraction of sp³-hybridized carbons (Fsp3) is 0.421. The second-order valence-electron chi connectivity index (χ2n) is 6.19. The molecule has 0 spiro atoms. The van der Waals surface area contributed by atoms with Crippen LogP contribution in [0.1, 0.15) is 24.7 Å². The summed E-state index contributed by atoms with van der Waals surface area (Å²) in [5.41, 5.74) is 2.59. The molecule has 1 saturated heterocycles. The molecule has 2 aromatic rings. The van der Waals surface area contributed by atoms with E-state index in [-0.39, 0.29) is 0 Å². The fourth-order valence-electron chi connectivity index (χ4n) is 2.94. The van der Waals surface area contributed by atoms with Crippen LogP contribution >= 0.6 is 0 Å². The van der Waals surface area contributed by atoms with Gasteiger partial charge in [-0.25, -0.2) is 4.99 Å². The maximum Gasteiger partial charge on any atom is 0.191 e. The first-order valence-corrected chi connectivity index (χ1v) is 8.63. The van der Waals surface area contributed by atoms with E-state index in [1.165, 1.54) is 11.3 Å². The number of aryl methyl sites for hydroxylation is 1. The molecule has 0 radical (unpaired) electrons. The molecular formula is C19H26N4O. The molecule has 0 amide bonds. The highest BCUT2D eigenvalue weighted by Gasteiger charge is 2.23. The van der Waals surface area contributed by atoms with E-state index in [0.29, 0.717) is 12.6 Å². The Morgan fingerprint density at radius 2 is 2.12 bits per heavy atom. The second-order valence-corrected chi connectivity index (χ2v) is 6.19. The molecule has 1 aliphatic rings. The summed E-state index contributed by atoms with van der Waals surface area (Å²) < 4.78 is 5.35. The summed E-state index contributed by atoms with van der Waals surface area (Å²) >= 11 is 0. The van der Waals surface area contributed by atoms with Crippen molar-refractivity contribution in [3.63, 3.8) is 0 Å². The average molecular weight is 326 g/mol. The molecule has 1 aromatic carbocycles. The number of nitrogens with zero attached hydrogens (tertiary/aromatic N) is 2. The molecular weight excluding hydrogens is 300 g/mol. The Morgan fingerprint density at radius 1 is 1.29 bits per heavy atom. The molecule has 0 aliphatic carbocycles. The number of hydrogen-bond donors (Lipinski definition) is 2. The lowest BCUT2D eigenvalue weighted by molar-refractivity contribution is 0.511. The average Bonchev–Trinajstić information content (AvgIpc) is 3.25. The summed E-state index contributed by atoms with van der Waals surface area (Å²) in [4.78, 5) is 7.03. The summed E-state index contributed by atoms with van der Waals surface area (Å²) in [6.07, 6.45) is 2.79. The zero-order valence-corrected chi connectivity index (χ0v) is 14.5. The Hall–Kier alpha value is -2.43. The van der Waals surface area contributed by atoms with Crippen molar-refractivity contribution in [3.8, 4) is 0 Å². The van der Waals surface area contributed by atoms with E-state index >= 15 is 0 Å². The minimum Gasteiger partial charge on any atom is -0.467 e. The molecule has 3 rings (SSSR count). The molecule has 128 valence electrons. The van der Waals surface area contributed by atoms with Gasteiger partial charge in [-0.05, 0) is 44.5 Å². The van der Waals surface area contributed by atoms with Crippen molar-refractivity contribution in [2.45, 2.75) is 32.9 Å². The van der Waals surface area contributed by atoms with Crippen molar-refractivity contribution < 1.29 is 4.42 Å². The quantitative estimate of drug-likeness (QED) is 0.655. The minimum atomic E-state index is 0.403. The van der Waals surface area contributed by atoms with E-state index in [2.05, 4.69) is 58.6 Å². The van der Waals surface area contributed by atoms with E-state index in [0.717, 1.165) is 37.8 Å². The highest BCUT2D eigenvalue weighted by molar-refractivity contribution is 5.80. The Kier molecular flexibility index (Phi) is 5.41. The van der Waals surface area contributed by atoms with Gasteiger partial charge in [-0.3, -0.25) is 0 Å². The Bertz CT molecular complexity index is 649. The largest absolute Gasteiger partial charge is 0.467 e. The molecule has 5 nitrogen and oxygen atoms in total. The zero-order chi connectivity index (χ0) is 16.8. The summed E-state index contributed by atoms with van der Waals surface area (Å²) in [7, 11) is 0. The lowest BCUT2D eigenvalue weighted by Gasteiger charge is -2.20. The van der Waals surface area contributed by atoms with E-state index in [1.807, 2.05) is 12.1 Å². The topological polar surface area (TPSA) is 52.8 Å². The van der Waals surface area contributed by atoms with Crippen molar-refractivity contribution in [2.75, 3.05) is 24.5 Å². The number of nitrogens with one attached hydrogen (secondary N) is 2. The Morgan fingerprint density at radius 3 is 2.83 bits per heavy atom. The van der Waals surface area contributed by atoms with Crippen LogP contribution in [-0.4, -0.2) is 31.6 Å². The highest BCUT2D eigenvalue weighted by Crippen LogP contribution is 2.20. The molecule has 24 heavy (non-hydrogen) atoms. The Labute approximate surface area is 143 Å². The summed E-state index contributed by atoms with van der Waals surface area (Å²) in [6.45, 7) is 7.66. The molecule has 5 heteroatoms. The standard InChI is InChI=1S/C19H26N4O/c1-3-20-19(21-13-18-5-4-12-24-18)22-16-10-11-23(14-16)17-8-6-15(2)7-9-17/h4-9,12,16H,3,10-11,13-14H2,1-2H3,(H2,20,21,22). The smallest absolute Gasteiger partial charge is 0.191 e. The number of guanidine groups is 1. The van der Waals surface area contributed by atoms with E-state index < -0.39 is 0 Å². The molecule has 1 fully saturated rings. The first-order chi connectivity index (χ1) is 11.7. The van der Waals surface area contributed by atoms with Crippen LogP contribution in [0.4, 0.5) is 5.69 Å². The van der Waals surface area contributed by atoms with Crippen LogP contribution in [0.25, 0.3) is 0 Å². The SMILES string of the molecule is CCNC(=NCc1ccco1)NC1CCN(c2ccc(C)cc2)C1. The van der Waals surface area contributed by atoms with Gasteiger partial charge in [0.15, 0.2) is 5.96 Å². The highest BCUT2D eigenvalue weighted by atomic mass is 16.3. The molecule has 1 atom stereocenters. The number of rotatable bonds is 5. The first kappa shape index (κ1) is 16.4. The minimum absolute atomic E-state index is 0.403. The monoisotopic (exact) mass is 326 g/mol. The maximum atomic E-state index is 5.35. The molecule has 0 saturated carbocycles. The van der Waals surface area contributed by atoms with Crippen molar-refractivity contribution in [3.05, 3.63) is 54.0 Å². The van der Waals surface area contributed by atoms with Crippen LogP contribution in [0.5, 0.6) is 0 Å². The van der Waals surface area contributed by atoms with Gasteiger partial charge in [0.05, 0.1) is 6.26 Å². The van der Waals surface area contributed by atoms with Crippen molar-refractivity contribution >= 4 is 11.6 Å². The van der Waals surface area contributed by atoms with Gasteiger partial charge in [0, 0.05) is 31.4 Å². The number of hydrogen-bond acceptors (Lipinski definition) is 3. The third kappa shape index (κ3) is 4.31. The van der Waals surface area contributed by atoms with Crippen LogP contribution < -0.4 is 15.5 Å². The molecule has 1 aromatic heterocycles. The first-order valence-electron chi connectivity index (χ1n) is 8.63. The number of anilines is 1. The lowest BCUT2D eigenvalue weighted by atomic mass is 10.2. The fourth-order valence-corrected chi connectivity index (χ4v) is 2.94. The van der Waals surface area contributed by atoms with Crippen LogP contribution in [0.3, 0.4) is 0 Å². The molecule has 2 N–H and O–H groups in total.